The highest BCUT2D eigenvalue weighted by Crippen LogP contribution is 2.28. The molecule has 4 rings (SSSR count). The molecule has 4 aromatic carbocycles. The molecule has 0 fully saturated rings. The molecule has 248 valence electrons. The molecule has 0 aliphatic heterocycles. The average Bonchev–Trinajstić information content (AvgIpc) is 3.02. The number of nitrogens with one attached hydrogen (secondary N) is 1. The first-order chi connectivity index (χ1) is 22.3. The molecular weight excluding hydrogens is 678 g/mol. The molecule has 0 radical (unpaired) electrons. The third kappa shape index (κ3) is 9.92. The zero-order chi connectivity index (χ0) is 34.2. The molecule has 1 N–H and O–H groups in total. The van der Waals surface area contributed by atoms with Gasteiger partial charge in [0.2, 0.25) is 11.8 Å². The smallest absolute Gasteiger partial charge is 0.264 e. The summed E-state index contributed by atoms with van der Waals surface area (Å²) in [5.41, 5.74) is 2.42. The van der Waals surface area contributed by atoms with Crippen LogP contribution in [-0.2, 0) is 32.6 Å². The van der Waals surface area contributed by atoms with E-state index in [9.17, 15) is 18.0 Å². The SMILES string of the molecule is CCOc1ccc(N(CC(=O)N(Cc2cccc(C)c2)[C@@H](Cc2ccccc2)C(=O)NC(C)(C)C)S(=O)(=O)c2ccc(Br)cc2)cc1. The largest absolute Gasteiger partial charge is 0.494 e. The lowest BCUT2D eigenvalue weighted by Gasteiger charge is -2.35. The highest BCUT2D eigenvalue weighted by molar-refractivity contribution is 9.10. The van der Waals surface area contributed by atoms with Gasteiger partial charge in [-0.2, -0.15) is 0 Å². The van der Waals surface area contributed by atoms with E-state index >= 15 is 0 Å². The Labute approximate surface area is 286 Å². The Morgan fingerprint density at radius 3 is 2.11 bits per heavy atom. The van der Waals surface area contributed by atoms with Crippen molar-refractivity contribution in [3.63, 3.8) is 0 Å². The molecule has 0 unspecified atom stereocenters. The van der Waals surface area contributed by atoms with Crippen LogP contribution in [0, 0.1) is 6.92 Å². The van der Waals surface area contributed by atoms with Gasteiger partial charge in [-0.1, -0.05) is 76.1 Å². The van der Waals surface area contributed by atoms with Crippen LogP contribution in [0.4, 0.5) is 5.69 Å². The summed E-state index contributed by atoms with van der Waals surface area (Å²) >= 11 is 3.37. The van der Waals surface area contributed by atoms with Gasteiger partial charge in [0.05, 0.1) is 17.2 Å². The summed E-state index contributed by atoms with van der Waals surface area (Å²) in [7, 11) is -4.21. The van der Waals surface area contributed by atoms with Gasteiger partial charge in [0.15, 0.2) is 0 Å². The second kappa shape index (κ2) is 15.6. The molecule has 1 atom stereocenters. The summed E-state index contributed by atoms with van der Waals surface area (Å²) in [5.74, 6) is -0.275. The maximum Gasteiger partial charge on any atom is 0.264 e. The molecule has 0 saturated carbocycles. The van der Waals surface area contributed by atoms with E-state index in [4.69, 9.17) is 4.74 Å². The van der Waals surface area contributed by atoms with Gasteiger partial charge in [0.1, 0.15) is 18.3 Å². The van der Waals surface area contributed by atoms with E-state index < -0.39 is 34.1 Å². The Kier molecular flexibility index (Phi) is 11.9. The van der Waals surface area contributed by atoms with E-state index in [0.29, 0.717) is 18.0 Å². The van der Waals surface area contributed by atoms with E-state index in [1.807, 2.05) is 89.2 Å². The first-order valence-electron chi connectivity index (χ1n) is 15.5. The summed E-state index contributed by atoms with van der Waals surface area (Å²) in [6.45, 7) is 9.49. The summed E-state index contributed by atoms with van der Waals surface area (Å²) in [4.78, 5) is 30.2. The minimum atomic E-state index is -4.21. The second-order valence-electron chi connectivity index (χ2n) is 12.3. The lowest BCUT2D eigenvalue weighted by atomic mass is 10.0. The monoisotopic (exact) mass is 719 g/mol. The molecule has 0 aromatic heterocycles. The lowest BCUT2D eigenvalue weighted by Crippen LogP contribution is -2.56. The average molecular weight is 721 g/mol. The number of hydrogen-bond donors (Lipinski definition) is 1. The Balaban J connectivity index is 1.82. The summed E-state index contributed by atoms with van der Waals surface area (Å²) < 4.78 is 35.9. The minimum absolute atomic E-state index is 0.0268. The molecule has 2 amide bonds. The maximum absolute atomic E-state index is 14.6. The molecule has 0 heterocycles. The Hall–Kier alpha value is -4.15. The fourth-order valence-electron chi connectivity index (χ4n) is 5.15. The van der Waals surface area contributed by atoms with Crippen molar-refractivity contribution < 1.29 is 22.7 Å². The van der Waals surface area contributed by atoms with Gasteiger partial charge < -0.3 is 15.0 Å². The fraction of sp³-hybridized carbons (Fsp3) is 0.297. The first-order valence-corrected chi connectivity index (χ1v) is 17.7. The predicted octanol–water partition coefficient (Wildman–Crippen LogP) is 6.91. The number of sulfonamides is 1. The number of rotatable bonds is 13. The van der Waals surface area contributed by atoms with Crippen LogP contribution in [-0.4, -0.2) is 49.9 Å². The molecule has 47 heavy (non-hydrogen) atoms. The second-order valence-corrected chi connectivity index (χ2v) is 15.1. The number of benzene rings is 4. The lowest BCUT2D eigenvalue weighted by molar-refractivity contribution is -0.140. The highest BCUT2D eigenvalue weighted by Gasteiger charge is 2.35. The Morgan fingerprint density at radius 1 is 0.872 bits per heavy atom. The standard InChI is InChI=1S/C37H42BrN3O5S/c1-6-46-32-19-17-31(18-20-32)41(47(44,45)33-21-15-30(38)16-22-33)26-35(42)40(25-29-14-10-11-27(2)23-29)34(36(43)39-37(3,4)5)24-28-12-8-7-9-13-28/h7-23,34H,6,24-26H2,1-5H3,(H,39,43)/t34-/m0/s1. The van der Waals surface area contributed by atoms with Crippen LogP contribution in [0.15, 0.2) is 112 Å². The summed E-state index contributed by atoms with van der Waals surface area (Å²) in [5, 5.41) is 3.05. The van der Waals surface area contributed by atoms with Crippen molar-refractivity contribution in [3.05, 3.63) is 124 Å². The van der Waals surface area contributed by atoms with E-state index in [1.54, 1.807) is 36.4 Å². The molecule has 10 heteroatoms. The molecule has 8 nitrogen and oxygen atoms in total. The Bertz CT molecular complexity index is 1760. The number of anilines is 1. The number of carbonyl (C=O) groups is 2. The quantitative estimate of drug-likeness (QED) is 0.162. The van der Waals surface area contributed by atoms with Crippen molar-refractivity contribution in [3.8, 4) is 5.75 Å². The fourth-order valence-corrected chi connectivity index (χ4v) is 6.83. The maximum atomic E-state index is 14.6. The third-order valence-corrected chi connectivity index (χ3v) is 9.64. The molecule has 0 aliphatic rings. The topological polar surface area (TPSA) is 96.0 Å². The zero-order valence-corrected chi connectivity index (χ0v) is 29.8. The Morgan fingerprint density at radius 2 is 1.51 bits per heavy atom. The number of hydrogen-bond acceptors (Lipinski definition) is 5. The molecule has 0 aliphatic carbocycles. The summed E-state index contributed by atoms with van der Waals surface area (Å²) in [6.07, 6.45) is 0.239. The van der Waals surface area contributed by atoms with Gasteiger partial charge in [0.25, 0.3) is 10.0 Å². The predicted molar refractivity (Wildman–Crippen MR) is 190 cm³/mol. The number of aryl methyl sites for hydroxylation is 1. The molecule has 0 saturated heterocycles. The number of carbonyl (C=O) groups excluding carboxylic acids is 2. The number of ether oxygens (including phenoxy) is 1. The van der Waals surface area contributed by atoms with Crippen LogP contribution >= 0.6 is 15.9 Å². The van der Waals surface area contributed by atoms with Crippen molar-refractivity contribution >= 4 is 43.5 Å². The number of amides is 2. The van der Waals surface area contributed by atoms with Crippen molar-refractivity contribution in [2.24, 2.45) is 0 Å². The molecule has 0 bridgehead atoms. The van der Waals surface area contributed by atoms with Crippen LogP contribution in [0.5, 0.6) is 5.75 Å². The van der Waals surface area contributed by atoms with Gasteiger partial charge >= 0.3 is 0 Å². The van der Waals surface area contributed by atoms with Crippen LogP contribution in [0.2, 0.25) is 0 Å². The number of halogens is 1. The molecular formula is C37H42BrN3O5S. The van der Waals surface area contributed by atoms with E-state index in [2.05, 4.69) is 21.2 Å². The van der Waals surface area contributed by atoms with Gasteiger partial charge in [-0.15, -0.1) is 0 Å². The highest BCUT2D eigenvalue weighted by atomic mass is 79.9. The minimum Gasteiger partial charge on any atom is -0.494 e. The zero-order valence-electron chi connectivity index (χ0n) is 27.4. The van der Waals surface area contributed by atoms with Crippen molar-refractivity contribution in [2.75, 3.05) is 17.5 Å². The van der Waals surface area contributed by atoms with Gasteiger partial charge in [-0.05, 0) is 94.3 Å². The van der Waals surface area contributed by atoms with Gasteiger partial charge in [-0.3, -0.25) is 13.9 Å². The van der Waals surface area contributed by atoms with Crippen molar-refractivity contribution in [1.82, 2.24) is 10.2 Å². The van der Waals surface area contributed by atoms with E-state index in [-0.39, 0.29) is 23.8 Å². The van der Waals surface area contributed by atoms with E-state index in [0.717, 1.165) is 25.5 Å². The normalized spacial score (nSPS) is 12.2. The first kappa shape index (κ1) is 35.7. The van der Waals surface area contributed by atoms with Crippen LogP contribution < -0.4 is 14.4 Å². The van der Waals surface area contributed by atoms with Crippen LogP contribution in [0.3, 0.4) is 0 Å². The third-order valence-electron chi connectivity index (χ3n) is 7.32. The van der Waals surface area contributed by atoms with Crippen LogP contribution in [0.25, 0.3) is 0 Å². The molecule has 4 aromatic rings. The van der Waals surface area contributed by atoms with Crippen molar-refractivity contribution in [1.29, 1.82) is 0 Å². The number of nitrogens with zero attached hydrogens (tertiary/aromatic N) is 2. The van der Waals surface area contributed by atoms with E-state index in [1.165, 1.54) is 17.0 Å². The molecule has 0 spiro atoms. The van der Waals surface area contributed by atoms with Crippen LogP contribution in [0.1, 0.15) is 44.4 Å². The van der Waals surface area contributed by atoms with Crippen molar-refractivity contribution in [2.45, 2.75) is 64.1 Å². The summed E-state index contributed by atoms with van der Waals surface area (Å²) in [6, 6.07) is 29.1. The van der Waals surface area contributed by atoms with Gasteiger partial charge in [-0.25, -0.2) is 8.42 Å². The van der Waals surface area contributed by atoms with Gasteiger partial charge in [0, 0.05) is 23.0 Å².